The second-order valence-electron chi connectivity index (χ2n) is 12.9. The summed E-state index contributed by atoms with van der Waals surface area (Å²) < 4.78 is 0. The van der Waals surface area contributed by atoms with Gasteiger partial charge >= 0.3 is 0 Å². The Hall–Kier alpha value is -1.90. The molecule has 2 N–H and O–H groups in total. The van der Waals surface area contributed by atoms with Gasteiger partial charge in [0.05, 0.1) is 0 Å². The molecule has 1 aromatic rings. The maximum absolute atomic E-state index is 6.04. The predicted molar refractivity (Wildman–Crippen MR) is 142 cm³/mol. The molecular formula is C29H49N3. The number of allylic oxidation sites excluding steroid dienone is 3. The maximum atomic E-state index is 6.04. The summed E-state index contributed by atoms with van der Waals surface area (Å²) in [5, 5.41) is 0. The van der Waals surface area contributed by atoms with E-state index in [4.69, 9.17) is 15.7 Å². The maximum Gasteiger partial charge on any atom is 0.0409 e. The van der Waals surface area contributed by atoms with Crippen molar-refractivity contribution in [2.75, 3.05) is 0 Å². The molecule has 0 unspecified atom stereocenters. The van der Waals surface area contributed by atoms with Gasteiger partial charge in [0.15, 0.2) is 0 Å². The van der Waals surface area contributed by atoms with E-state index >= 15 is 0 Å². The van der Waals surface area contributed by atoms with E-state index in [2.05, 4.69) is 94.4 Å². The minimum atomic E-state index is -0.0420. The van der Waals surface area contributed by atoms with Gasteiger partial charge in [-0.3, -0.25) is 9.98 Å². The smallest absolute Gasteiger partial charge is 0.0409 e. The molecule has 180 valence electrons. The van der Waals surface area contributed by atoms with Crippen LogP contribution in [0.4, 0.5) is 0 Å². The third-order valence-corrected chi connectivity index (χ3v) is 6.15. The molecule has 1 heterocycles. The molecule has 0 spiro atoms. The first kappa shape index (κ1) is 28.1. The van der Waals surface area contributed by atoms with Crippen molar-refractivity contribution in [1.82, 2.24) is 4.98 Å². The zero-order chi connectivity index (χ0) is 24.8. The molecule has 0 fully saturated rings. The average Bonchev–Trinajstić information content (AvgIpc) is 2.64. The van der Waals surface area contributed by atoms with Gasteiger partial charge in [0, 0.05) is 23.8 Å². The predicted octanol–water partition coefficient (Wildman–Crippen LogP) is 8.01. The molecular weight excluding hydrogens is 390 g/mol. The lowest BCUT2D eigenvalue weighted by Gasteiger charge is -2.32. The molecule has 0 aromatic carbocycles. The van der Waals surface area contributed by atoms with E-state index in [0.717, 1.165) is 42.6 Å². The van der Waals surface area contributed by atoms with Crippen molar-refractivity contribution < 1.29 is 0 Å². The minimum Gasteiger partial charge on any atom is -0.404 e. The topological polar surface area (TPSA) is 51.3 Å². The van der Waals surface area contributed by atoms with Crippen LogP contribution in [0.3, 0.4) is 0 Å². The highest BCUT2D eigenvalue weighted by Crippen LogP contribution is 2.37. The molecule has 3 heteroatoms. The SMILES string of the molecule is C\C=C(CC(C)(C)C)/N=C\C(=C/N)C(C)(C)CCC(C)(C)Cc1ccc(C(C)(C)C)cn1. The first-order valence-corrected chi connectivity index (χ1v) is 12.1. The first-order chi connectivity index (χ1) is 14.5. The van der Waals surface area contributed by atoms with Gasteiger partial charge in [-0.1, -0.05) is 81.4 Å². The summed E-state index contributed by atoms with van der Waals surface area (Å²) in [5.41, 5.74) is 11.2. The van der Waals surface area contributed by atoms with Gasteiger partial charge in [-0.25, -0.2) is 0 Å². The van der Waals surface area contributed by atoms with Gasteiger partial charge in [0.2, 0.25) is 0 Å². The van der Waals surface area contributed by atoms with E-state index in [-0.39, 0.29) is 21.7 Å². The van der Waals surface area contributed by atoms with Crippen LogP contribution in [0, 0.1) is 16.2 Å². The summed E-state index contributed by atoms with van der Waals surface area (Å²) in [6.45, 7) is 24.7. The second kappa shape index (κ2) is 10.8. The van der Waals surface area contributed by atoms with Crippen LogP contribution in [0.2, 0.25) is 0 Å². The Morgan fingerprint density at radius 3 is 2.03 bits per heavy atom. The number of aliphatic imine (C=N–C) groups is 1. The summed E-state index contributed by atoms with van der Waals surface area (Å²) in [4.78, 5) is 9.54. The molecule has 0 aliphatic heterocycles. The van der Waals surface area contributed by atoms with Crippen molar-refractivity contribution >= 4 is 6.21 Å². The van der Waals surface area contributed by atoms with Crippen LogP contribution in [0.25, 0.3) is 0 Å². The summed E-state index contributed by atoms with van der Waals surface area (Å²) >= 11 is 0. The van der Waals surface area contributed by atoms with E-state index < -0.39 is 0 Å². The van der Waals surface area contributed by atoms with Gasteiger partial charge in [-0.2, -0.15) is 0 Å². The van der Waals surface area contributed by atoms with Crippen LogP contribution >= 0.6 is 0 Å². The number of hydrogen-bond donors (Lipinski definition) is 1. The summed E-state index contributed by atoms with van der Waals surface area (Å²) in [5.74, 6) is 0. The Morgan fingerprint density at radius 1 is 0.969 bits per heavy atom. The third-order valence-electron chi connectivity index (χ3n) is 6.15. The van der Waals surface area contributed by atoms with E-state index in [1.54, 1.807) is 6.20 Å². The minimum absolute atomic E-state index is 0.0420. The van der Waals surface area contributed by atoms with Crippen LogP contribution in [0.5, 0.6) is 0 Å². The zero-order valence-electron chi connectivity index (χ0n) is 22.8. The number of hydrogen-bond acceptors (Lipinski definition) is 3. The lowest BCUT2D eigenvalue weighted by molar-refractivity contribution is 0.267. The molecule has 3 nitrogen and oxygen atoms in total. The Morgan fingerprint density at radius 2 is 1.59 bits per heavy atom. The van der Waals surface area contributed by atoms with Crippen LogP contribution in [-0.2, 0) is 11.8 Å². The van der Waals surface area contributed by atoms with E-state index in [1.165, 1.54) is 5.56 Å². The highest BCUT2D eigenvalue weighted by molar-refractivity contribution is 5.80. The Balaban J connectivity index is 2.82. The zero-order valence-corrected chi connectivity index (χ0v) is 22.8. The van der Waals surface area contributed by atoms with Crippen molar-refractivity contribution in [1.29, 1.82) is 0 Å². The normalized spacial score (nSPS) is 15.0. The fraction of sp³-hybridized carbons (Fsp3) is 0.655. The molecule has 0 aliphatic rings. The lowest BCUT2D eigenvalue weighted by Crippen LogP contribution is -2.23. The number of aromatic nitrogens is 1. The van der Waals surface area contributed by atoms with Crippen LogP contribution in [0.1, 0.15) is 107 Å². The second-order valence-corrected chi connectivity index (χ2v) is 12.9. The summed E-state index contributed by atoms with van der Waals surface area (Å²) in [6.07, 6.45) is 11.9. The fourth-order valence-corrected chi connectivity index (χ4v) is 3.71. The number of pyridine rings is 1. The molecule has 1 aromatic heterocycles. The molecule has 0 aliphatic carbocycles. The summed E-state index contributed by atoms with van der Waals surface area (Å²) in [7, 11) is 0. The largest absolute Gasteiger partial charge is 0.404 e. The molecule has 0 atom stereocenters. The van der Waals surface area contributed by atoms with Crippen molar-refractivity contribution in [3.63, 3.8) is 0 Å². The van der Waals surface area contributed by atoms with Crippen molar-refractivity contribution in [2.24, 2.45) is 27.0 Å². The first-order valence-electron chi connectivity index (χ1n) is 12.1. The van der Waals surface area contributed by atoms with Crippen molar-refractivity contribution in [3.8, 4) is 0 Å². The Bertz CT molecular complexity index is 807. The number of rotatable bonds is 9. The van der Waals surface area contributed by atoms with Crippen molar-refractivity contribution in [2.45, 2.75) is 107 Å². The van der Waals surface area contributed by atoms with E-state index in [9.17, 15) is 0 Å². The van der Waals surface area contributed by atoms with Crippen LogP contribution in [-0.4, -0.2) is 11.2 Å². The van der Waals surface area contributed by atoms with Crippen LogP contribution < -0.4 is 5.73 Å². The number of nitrogens with two attached hydrogens (primary N) is 1. The highest BCUT2D eigenvalue weighted by Gasteiger charge is 2.28. The molecule has 0 radical (unpaired) electrons. The molecule has 0 amide bonds. The van der Waals surface area contributed by atoms with Gasteiger partial charge in [0.1, 0.15) is 0 Å². The monoisotopic (exact) mass is 439 g/mol. The molecule has 0 bridgehead atoms. The highest BCUT2D eigenvalue weighted by atomic mass is 14.7. The van der Waals surface area contributed by atoms with Crippen molar-refractivity contribution in [3.05, 3.63) is 53.1 Å². The van der Waals surface area contributed by atoms with Gasteiger partial charge in [-0.15, -0.1) is 0 Å². The quantitative estimate of drug-likeness (QED) is 0.396. The van der Waals surface area contributed by atoms with Crippen LogP contribution in [0.15, 0.2) is 46.9 Å². The Kier molecular flexibility index (Phi) is 9.51. The molecule has 1 rings (SSSR count). The van der Waals surface area contributed by atoms with E-state index in [0.29, 0.717) is 0 Å². The molecule has 0 saturated carbocycles. The average molecular weight is 440 g/mol. The van der Waals surface area contributed by atoms with E-state index in [1.807, 2.05) is 12.4 Å². The van der Waals surface area contributed by atoms with Gasteiger partial charge in [-0.05, 0) is 77.7 Å². The third kappa shape index (κ3) is 9.71. The summed E-state index contributed by atoms with van der Waals surface area (Å²) in [6, 6.07) is 4.42. The Labute approximate surface area is 198 Å². The number of nitrogens with zero attached hydrogens (tertiary/aromatic N) is 2. The van der Waals surface area contributed by atoms with Gasteiger partial charge < -0.3 is 5.73 Å². The lowest BCUT2D eigenvalue weighted by atomic mass is 9.74. The van der Waals surface area contributed by atoms with Gasteiger partial charge in [0.25, 0.3) is 0 Å². The fourth-order valence-electron chi connectivity index (χ4n) is 3.71. The standard InChI is InChI=1S/C29H49N3/c1-12-24(17-26(2,3)4)31-21-23(19-30)29(10,11)16-15-28(8,9)18-25-14-13-22(20-32-25)27(5,6)7/h12-14,19-21H,15-18,30H2,1-11H3/b23-19+,24-12-,31-21-. The molecule has 0 saturated heterocycles. The molecule has 32 heavy (non-hydrogen) atoms.